The zero-order valence-corrected chi connectivity index (χ0v) is 13.7. The maximum atomic E-state index is 12.6. The number of rotatable bonds is 4. The molecular formula is C19H22N2O2. The highest BCUT2D eigenvalue weighted by Gasteiger charge is 2.31. The summed E-state index contributed by atoms with van der Waals surface area (Å²) in [5.41, 5.74) is 3.09. The van der Waals surface area contributed by atoms with Gasteiger partial charge in [-0.1, -0.05) is 38.1 Å². The second-order valence-electron chi connectivity index (χ2n) is 6.35. The Morgan fingerprint density at radius 2 is 2.04 bits per heavy atom. The van der Waals surface area contributed by atoms with E-state index in [4.69, 9.17) is 4.74 Å². The van der Waals surface area contributed by atoms with Crippen LogP contribution >= 0.6 is 0 Å². The van der Waals surface area contributed by atoms with Gasteiger partial charge in [0.1, 0.15) is 5.75 Å². The van der Waals surface area contributed by atoms with E-state index >= 15 is 0 Å². The molecule has 1 aliphatic heterocycles. The van der Waals surface area contributed by atoms with Gasteiger partial charge in [-0.25, -0.2) is 0 Å². The lowest BCUT2D eigenvalue weighted by Gasteiger charge is -2.24. The SMILES string of the molecule is Cc1cccnc1C(NC(=O)C1Cc2ccccc2O1)C(C)C. The fraction of sp³-hybridized carbons (Fsp3) is 0.368. The summed E-state index contributed by atoms with van der Waals surface area (Å²) in [7, 11) is 0. The molecule has 1 N–H and O–H groups in total. The van der Waals surface area contributed by atoms with Gasteiger partial charge in [-0.3, -0.25) is 9.78 Å². The van der Waals surface area contributed by atoms with Gasteiger partial charge >= 0.3 is 0 Å². The van der Waals surface area contributed by atoms with Gasteiger partial charge < -0.3 is 10.1 Å². The molecule has 1 aliphatic rings. The molecule has 0 saturated heterocycles. The third-order valence-electron chi connectivity index (χ3n) is 4.25. The number of benzene rings is 1. The first-order valence-corrected chi connectivity index (χ1v) is 8.02. The zero-order valence-electron chi connectivity index (χ0n) is 13.7. The molecule has 2 heterocycles. The van der Waals surface area contributed by atoms with Gasteiger partial charge in [0, 0.05) is 12.6 Å². The lowest BCUT2D eigenvalue weighted by molar-refractivity contribution is -0.128. The summed E-state index contributed by atoms with van der Waals surface area (Å²) in [4.78, 5) is 17.1. The number of para-hydroxylation sites is 1. The summed E-state index contributed by atoms with van der Waals surface area (Å²) in [5, 5.41) is 3.12. The van der Waals surface area contributed by atoms with E-state index in [1.165, 1.54) is 0 Å². The number of amides is 1. The molecule has 0 bridgehead atoms. The van der Waals surface area contributed by atoms with Crippen LogP contribution in [0.5, 0.6) is 5.75 Å². The Bertz CT molecular complexity index is 687. The Morgan fingerprint density at radius 3 is 2.74 bits per heavy atom. The summed E-state index contributed by atoms with van der Waals surface area (Å²) in [6.07, 6.45) is 1.93. The highest BCUT2D eigenvalue weighted by molar-refractivity contribution is 5.83. The Balaban J connectivity index is 1.75. The third kappa shape index (κ3) is 3.21. The Labute approximate surface area is 136 Å². The number of aryl methyl sites for hydroxylation is 1. The quantitative estimate of drug-likeness (QED) is 0.943. The molecule has 4 heteroatoms. The summed E-state index contributed by atoms with van der Waals surface area (Å²) in [6, 6.07) is 11.6. The number of aromatic nitrogens is 1. The number of carbonyl (C=O) groups excluding carboxylic acids is 1. The number of pyridine rings is 1. The molecule has 2 unspecified atom stereocenters. The van der Waals surface area contributed by atoms with Crippen LogP contribution in [0, 0.1) is 12.8 Å². The Morgan fingerprint density at radius 1 is 1.26 bits per heavy atom. The number of carbonyl (C=O) groups is 1. The normalized spacial score (nSPS) is 17.5. The van der Waals surface area contributed by atoms with Crippen molar-refractivity contribution in [2.75, 3.05) is 0 Å². The molecule has 120 valence electrons. The predicted octanol–water partition coefficient (Wildman–Crippen LogP) is 3.21. The number of nitrogens with zero attached hydrogens (tertiary/aromatic N) is 1. The third-order valence-corrected chi connectivity index (χ3v) is 4.25. The van der Waals surface area contributed by atoms with Gasteiger partial charge in [-0.2, -0.15) is 0 Å². The fourth-order valence-electron chi connectivity index (χ4n) is 2.95. The van der Waals surface area contributed by atoms with E-state index in [9.17, 15) is 4.79 Å². The first kappa shape index (κ1) is 15.5. The first-order valence-electron chi connectivity index (χ1n) is 8.02. The molecule has 2 atom stereocenters. The molecule has 0 radical (unpaired) electrons. The van der Waals surface area contributed by atoms with E-state index in [1.54, 1.807) is 6.20 Å². The molecule has 3 rings (SSSR count). The number of ether oxygens (including phenoxy) is 1. The van der Waals surface area contributed by atoms with Gasteiger partial charge in [-0.15, -0.1) is 0 Å². The van der Waals surface area contributed by atoms with Crippen molar-refractivity contribution in [3.63, 3.8) is 0 Å². The molecule has 1 aromatic carbocycles. The number of nitrogens with one attached hydrogen (secondary N) is 1. The van der Waals surface area contributed by atoms with Crippen molar-refractivity contribution in [3.8, 4) is 5.75 Å². The zero-order chi connectivity index (χ0) is 16.4. The van der Waals surface area contributed by atoms with Crippen molar-refractivity contribution in [3.05, 3.63) is 59.4 Å². The Kier molecular flexibility index (Phi) is 4.33. The predicted molar refractivity (Wildman–Crippen MR) is 89.3 cm³/mol. The van der Waals surface area contributed by atoms with Crippen molar-refractivity contribution < 1.29 is 9.53 Å². The van der Waals surface area contributed by atoms with E-state index < -0.39 is 6.10 Å². The van der Waals surface area contributed by atoms with E-state index in [0.29, 0.717) is 6.42 Å². The number of hydrogen-bond donors (Lipinski definition) is 1. The second kappa shape index (κ2) is 6.41. The largest absolute Gasteiger partial charge is 0.480 e. The van der Waals surface area contributed by atoms with Crippen LogP contribution in [0.4, 0.5) is 0 Å². The lowest BCUT2D eigenvalue weighted by Crippen LogP contribution is -2.41. The maximum absolute atomic E-state index is 12.6. The maximum Gasteiger partial charge on any atom is 0.261 e. The number of fused-ring (bicyclic) bond motifs is 1. The summed E-state index contributed by atoms with van der Waals surface area (Å²) in [6.45, 7) is 6.19. The van der Waals surface area contributed by atoms with Crippen molar-refractivity contribution in [1.82, 2.24) is 10.3 Å². The van der Waals surface area contributed by atoms with Gasteiger partial charge in [0.2, 0.25) is 0 Å². The second-order valence-corrected chi connectivity index (χ2v) is 6.35. The van der Waals surface area contributed by atoms with Crippen LogP contribution < -0.4 is 10.1 Å². The fourth-order valence-corrected chi connectivity index (χ4v) is 2.95. The average molecular weight is 310 g/mol. The van der Waals surface area contributed by atoms with Crippen LogP contribution in [-0.4, -0.2) is 17.0 Å². The summed E-state index contributed by atoms with van der Waals surface area (Å²) >= 11 is 0. The van der Waals surface area contributed by atoms with Gasteiger partial charge in [0.15, 0.2) is 6.10 Å². The monoisotopic (exact) mass is 310 g/mol. The molecule has 4 nitrogen and oxygen atoms in total. The highest BCUT2D eigenvalue weighted by Crippen LogP contribution is 2.29. The van der Waals surface area contributed by atoms with Crippen LogP contribution in [-0.2, 0) is 11.2 Å². The standard InChI is InChI=1S/C19H22N2O2/c1-12(2)17(18-13(3)7-6-10-20-18)21-19(22)16-11-14-8-4-5-9-15(14)23-16/h4-10,12,16-17H,11H2,1-3H3,(H,21,22). The molecule has 23 heavy (non-hydrogen) atoms. The molecule has 0 aliphatic carbocycles. The van der Waals surface area contributed by atoms with Crippen LogP contribution in [0.3, 0.4) is 0 Å². The average Bonchev–Trinajstić information content (AvgIpc) is 2.97. The first-order chi connectivity index (χ1) is 11.1. The lowest BCUT2D eigenvalue weighted by atomic mass is 9.97. The van der Waals surface area contributed by atoms with E-state index in [1.807, 2.05) is 43.3 Å². The van der Waals surface area contributed by atoms with Gasteiger partial charge in [0.25, 0.3) is 5.91 Å². The Hall–Kier alpha value is -2.36. The molecule has 2 aromatic rings. The van der Waals surface area contributed by atoms with Crippen LogP contribution in [0.2, 0.25) is 0 Å². The topological polar surface area (TPSA) is 51.2 Å². The minimum atomic E-state index is -0.460. The molecule has 1 aromatic heterocycles. The van der Waals surface area contributed by atoms with Crippen molar-refractivity contribution in [2.24, 2.45) is 5.92 Å². The van der Waals surface area contributed by atoms with Crippen molar-refractivity contribution in [1.29, 1.82) is 0 Å². The molecular weight excluding hydrogens is 288 g/mol. The van der Waals surface area contributed by atoms with Crippen LogP contribution in [0.15, 0.2) is 42.6 Å². The van der Waals surface area contributed by atoms with E-state index in [-0.39, 0.29) is 17.9 Å². The molecule has 0 spiro atoms. The summed E-state index contributed by atoms with van der Waals surface area (Å²) < 4.78 is 5.78. The van der Waals surface area contributed by atoms with Crippen LogP contribution in [0.25, 0.3) is 0 Å². The molecule has 0 saturated carbocycles. The summed E-state index contributed by atoms with van der Waals surface area (Å²) in [5.74, 6) is 0.976. The van der Waals surface area contributed by atoms with Gasteiger partial charge in [-0.05, 0) is 36.1 Å². The van der Waals surface area contributed by atoms with Crippen molar-refractivity contribution >= 4 is 5.91 Å². The minimum Gasteiger partial charge on any atom is -0.480 e. The number of hydrogen-bond acceptors (Lipinski definition) is 3. The van der Waals surface area contributed by atoms with E-state index in [0.717, 1.165) is 22.6 Å². The van der Waals surface area contributed by atoms with Crippen LogP contribution in [0.1, 0.15) is 36.7 Å². The minimum absolute atomic E-state index is 0.0787. The van der Waals surface area contributed by atoms with Gasteiger partial charge in [0.05, 0.1) is 11.7 Å². The smallest absolute Gasteiger partial charge is 0.261 e. The highest BCUT2D eigenvalue weighted by atomic mass is 16.5. The molecule has 1 amide bonds. The molecule has 0 fully saturated rings. The van der Waals surface area contributed by atoms with E-state index in [2.05, 4.69) is 24.1 Å². The van der Waals surface area contributed by atoms with Crippen molar-refractivity contribution in [2.45, 2.75) is 39.3 Å².